The van der Waals surface area contributed by atoms with Crippen molar-refractivity contribution >= 4 is 23.0 Å². The number of nitrogens with one attached hydrogen (secondary N) is 1. The fourth-order valence-corrected chi connectivity index (χ4v) is 2.91. The molecule has 0 spiro atoms. The van der Waals surface area contributed by atoms with Gasteiger partial charge < -0.3 is 11.1 Å². The zero-order chi connectivity index (χ0) is 14.5. The molecular formula is C16H21N3S. The molecule has 0 amide bonds. The first-order valence-electron chi connectivity index (χ1n) is 6.73. The summed E-state index contributed by atoms with van der Waals surface area (Å²) in [5.74, 6) is 0.869. The van der Waals surface area contributed by atoms with Crippen molar-refractivity contribution in [1.29, 1.82) is 0 Å². The average molecular weight is 287 g/mol. The molecule has 1 heterocycles. The van der Waals surface area contributed by atoms with Crippen molar-refractivity contribution in [3.05, 3.63) is 51.7 Å². The summed E-state index contributed by atoms with van der Waals surface area (Å²) in [6.07, 6.45) is 0. The molecule has 1 atom stereocenters. The minimum atomic E-state index is 0.398. The lowest BCUT2D eigenvalue weighted by molar-refractivity contribution is 0.790. The van der Waals surface area contributed by atoms with Gasteiger partial charge in [0.2, 0.25) is 0 Å². The predicted molar refractivity (Wildman–Crippen MR) is 88.8 cm³/mol. The summed E-state index contributed by atoms with van der Waals surface area (Å²) in [7, 11) is 0. The second-order valence-electron chi connectivity index (χ2n) is 5.14. The summed E-state index contributed by atoms with van der Waals surface area (Å²) in [6.45, 7) is 7.01. The average Bonchev–Trinajstić information content (AvgIpc) is 2.88. The highest BCUT2D eigenvalue weighted by Gasteiger charge is 2.05. The van der Waals surface area contributed by atoms with Crippen LogP contribution in [0.1, 0.15) is 28.8 Å². The fraction of sp³-hybridized carbons (Fsp3) is 0.312. The molecule has 20 heavy (non-hydrogen) atoms. The van der Waals surface area contributed by atoms with E-state index in [2.05, 4.69) is 66.8 Å². The number of benzene rings is 1. The molecule has 3 nitrogen and oxygen atoms in total. The molecule has 0 radical (unpaired) electrons. The Labute approximate surface area is 124 Å². The van der Waals surface area contributed by atoms with Crippen molar-refractivity contribution < 1.29 is 0 Å². The molecule has 0 bridgehead atoms. The lowest BCUT2D eigenvalue weighted by atomic mass is 10.1. The molecule has 106 valence electrons. The van der Waals surface area contributed by atoms with E-state index in [1.807, 2.05) is 0 Å². The molecule has 1 aromatic carbocycles. The van der Waals surface area contributed by atoms with Crippen molar-refractivity contribution in [3.8, 4) is 0 Å². The number of hydrogen-bond donors (Lipinski definition) is 2. The number of nitrogens with two attached hydrogens (primary N) is 1. The fourth-order valence-electron chi connectivity index (χ4n) is 2.13. The van der Waals surface area contributed by atoms with Gasteiger partial charge in [0.25, 0.3) is 0 Å². The second-order valence-corrected chi connectivity index (χ2v) is 6.12. The van der Waals surface area contributed by atoms with Crippen LogP contribution >= 0.6 is 11.3 Å². The molecule has 0 aliphatic heterocycles. The predicted octanol–water partition coefficient (Wildman–Crippen LogP) is 3.90. The maximum absolute atomic E-state index is 5.95. The van der Waals surface area contributed by atoms with Gasteiger partial charge in [-0.05, 0) is 48.6 Å². The van der Waals surface area contributed by atoms with E-state index in [9.17, 15) is 0 Å². The Kier molecular flexibility index (Phi) is 4.79. The molecule has 0 aliphatic rings. The molecule has 1 unspecified atom stereocenters. The van der Waals surface area contributed by atoms with Crippen molar-refractivity contribution in [3.63, 3.8) is 0 Å². The first-order valence-corrected chi connectivity index (χ1v) is 7.61. The Morgan fingerprint density at radius 3 is 2.60 bits per heavy atom. The summed E-state index contributed by atoms with van der Waals surface area (Å²) in [5.41, 5.74) is 9.37. The van der Waals surface area contributed by atoms with Crippen LogP contribution in [0, 0.1) is 13.8 Å². The van der Waals surface area contributed by atoms with Gasteiger partial charge >= 0.3 is 0 Å². The number of aryl methyl sites for hydroxylation is 2. The zero-order valence-corrected chi connectivity index (χ0v) is 13.0. The number of anilines is 1. The first kappa shape index (κ1) is 14.6. The standard InChI is InChI=1S/C16H21N3S/c1-11-7-12(2)9-14(8-11)19-16(17)18-10-13(3)15-5-4-6-20-15/h4-9,13H,10H2,1-3H3,(H3,17,18,19). The molecule has 4 heteroatoms. The van der Waals surface area contributed by atoms with E-state index in [0.29, 0.717) is 18.4 Å². The monoisotopic (exact) mass is 287 g/mol. The van der Waals surface area contributed by atoms with Crippen LogP contribution in [0.25, 0.3) is 0 Å². The van der Waals surface area contributed by atoms with Gasteiger partial charge in [0.05, 0.1) is 6.54 Å². The zero-order valence-electron chi connectivity index (χ0n) is 12.2. The van der Waals surface area contributed by atoms with Crippen LogP contribution in [0.3, 0.4) is 0 Å². The molecule has 0 saturated heterocycles. The summed E-state index contributed by atoms with van der Waals surface area (Å²) < 4.78 is 0. The summed E-state index contributed by atoms with van der Waals surface area (Å²) in [4.78, 5) is 5.77. The number of aliphatic imine (C=N–C) groups is 1. The lowest BCUT2D eigenvalue weighted by Gasteiger charge is -2.10. The van der Waals surface area contributed by atoms with E-state index in [1.165, 1.54) is 16.0 Å². The third-order valence-corrected chi connectivity index (χ3v) is 4.16. The number of hydrogen-bond acceptors (Lipinski definition) is 2. The van der Waals surface area contributed by atoms with Gasteiger partial charge in [-0.1, -0.05) is 19.1 Å². The van der Waals surface area contributed by atoms with E-state index >= 15 is 0 Å². The van der Waals surface area contributed by atoms with Crippen LogP contribution in [0.15, 0.2) is 40.7 Å². The van der Waals surface area contributed by atoms with Gasteiger partial charge in [-0.25, -0.2) is 0 Å². The Bertz CT molecular complexity index is 568. The Morgan fingerprint density at radius 2 is 2.00 bits per heavy atom. The highest BCUT2D eigenvalue weighted by atomic mass is 32.1. The van der Waals surface area contributed by atoms with Crippen molar-refractivity contribution in [2.45, 2.75) is 26.7 Å². The normalized spacial score (nSPS) is 13.2. The van der Waals surface area contributed by atoms with Crippen LogP contribution in [-0.4, -0.2) is 12.5 Å². The van der Waals surface area contributed by atoms with Crippen LogP contribution in [-0.2, 0) is 0 Å². The smallest absolute Gasteiger partial charge is 0.193 e. The SMILES string of the molecule is Cc1cc(C)cc(NC(N)=NCC(C)c2cccs2)c1. The molecule has 3 N–H and O–H groups in total. The third kappa shape index (κ3) is 4.10. The van der Waals surface area contributed by atoms with Gasteiger partial charge in [-0.2, -0.15) is 0 Å². The number of guanidine groups is 1. The van der Waals surface area contributed by atoms with Crippen molar-refractivity contribution in [1.82, 2.24) is 0 Å². The van der Waals surface area contributed by atoms with E-state index in [1.54, 1.807) is 11.3 Å². The van der Waals surface area contributed by atoms with E-state index in [-0.39, 0.29) is 0 Å². The Hall–Kier alpha value is -1.81. The Balaban J connectivity index is 1.97. The Morgan fingerprint density at radius 1 is 1.30 bits per heavy atom. The molecule has 0 fully saturated rings. The van der Waals surface area contributed by atoms with Crippen LogP contribution in [0.2, 0.25) is 0 Å². The van der Waals surface area contributed by atoms with Crippen LogP contribution in [0.5, 0.6) is 0 Å². The largest absolute Gasteiger partial charge is 0.370 e. The van der Waals surface area contributed by atoms with Gasteiger partial charge in [0, 0.05) is 16.5 Å². The van der Waals surface area contributed by atoms with Crippen LogP contribution in [0.4, 0.5) is 5.69 Å². The van der Waals surface area contributed by atoms with Crippen LogP contribution < -0.4 is 11.1 Å². The number of rotatable bonds is 4. The molecule has 0 aliphatic carbocycles. The molecule has 1 aromatic heterocycles. The quantitative estimate of drug-likeness (QED) is 0.662. The maximum atomic E-state index is 5.95. The third-order valence-electron chi connectivity index (χ3n) is 3.06. The van der Waals surface area contributed by atoms with Gasteiger partial charge in [0.1, 0.15) is 0 Å². The molecule has 2 aromatic rings. The molecular weight excluding hydrogens is 266 g/mol. The van der Waals surface area contributed by atoms with Gasteiger partial charge in [-0.15, -0.1) is 11.3 Å². The number of nitrogens with zero attached hydrogens (tertiary/aromatic N) is 1. The molecule has 2 rings (SSSR count). The maximum Gasteiger partial charge on any atom is 0.193 e. The number of thiophene rings is 1. The van der Waals surface area contributed by atoms with Crippen molar-refractivity contribution in [2.24, 2.45) is 10.7 Å². The van der Waals surface area contributed by atoms with Gasteiger partial charge in [0.15, 0.2) is 5.96 Å². The lowest BCUT2D eigenvalue weighted by Crippen LogP contribution is -2.23. The minimum Gasteiger partial charge on any atom is -0.370 e. The van der Waals surface area contributed by atoms with E-state index in [4.69, 9.17) is 5.73 Å². The highest BCUT2D eigenvalue weighted by Crippen LogP contribution is 2.20. The summed E-state index contributed by atoms with van der Waals surface area (Å²) in [6, 6.07) is 10.5. The summed E-state index contributed by atoms with van der Waals surface area (Å²) in [5, 5.41) is 5.25. The van der Waals surface area contributed by atoms with Gasteiger partial charge in [-0.3, -0.25) is 4.99 Å². The topological polar surface area (TPSA) is 50.4 Å². The van der Waals surface area contributed by atoms with Crippen molar-refractivity contribution in [2.75, 3.05) is 11.9 Å². The minimum absolute atomic E-state index is 0.398. The second kappa shape index (κ2) is 6.57. The van der Waals surface area contributed by atoms with E-state index in [0.717, 1.165) is 5.69 Å². The summed E-state index contributed by atoms with van der Waals surface area (Å²) >= 11 is 1.76. The van der Waals surface area contributed by atoms with E-state index < -0.39 is 0 Å². The first-order chi connectivity index (χ1) is 9.54. The molecule has 0 saturated carbocycles. The highest BCUT2D eigenvalue weighted by molar-refractivity contribution is 7.10.